The summed E-state index contributed by atoms with van der Waals surface area (Å²) in [6, 6.07) is 0.215. The van der Waals surface area contributed by atoms with Gasteiger partial charge in [0, 0.05) is 19.1 Å². The third-order valence-corrected chi connectivity index (χ3v) is 3.78. The van der Waals surface area contributed by atoms with Crippen molar-refractivity contribution in [3.63, 3.8) is 0 Å². The molecule has 0 aliphatic carbocycles. The summed E-state index contributed by atoms with van der Waals surface area (Å²) in [6.45, 7) is 10.1. The molecule has 0 bridgehead atoms. The van der Waals surface area contributed by atoms with Gasteiger partial charge in [0.05, 0.1) is 5.92 Å². The smallest absolute Gasteiger partial charge is 0.224 e. The van der Waals surface area contributed by atoms with E-state index in [9.17, 15) is 4.79 Å². The molecular weight excluding hydrogens is 238 g/mol. The maximum atomic E-state index is 12.2. The van der Waals surface area contributed by atoms with Gasteiger partial charge in [-0.15, -0.1) is 0 Å². The predicted octanol–water partition coefficient (Wildman–Crippen LogP) is 1.60. The van der Waals surface area contributed by atoms with E-state index in [1.165, 1.54) is 32.4 Å². The fourth-order valence-electron chi connectivity index (χ4n) is 2.81. The first-order valence-corrected chi connectivity index (χ1v) is 7.75. The number of nitrogens with two attached hydrogens (primary N) is 1. The molecule has 1 fully saturated rings. The zero-order valence-corrected chi connectivity index (χ0v) is 12.8. The Kier molecular flexibility index (Phi) is 7.39. The Balaban J connectivity index is 2.32. The molecule has 4 nitrogen and oxygen atoms in total. The number of rotatable bonds is 7. The van der Waals surface area contributed by atoms with Crippen molar-refractivity contribution < 1.29 is 4.79 Å². The van der Waals surface area contributed by atoms with Crippen LogP contribution in [0.3, 0.4) is 0 Å². The van der Waals surface area contributed by atoms with E-state index in [0.717, 1.165) is 13.0 Å². The summed E-state index contributed by atoms with van der Waals surface area (Å²) in [6.07, 6.45) is 4.80. The van der Waals surface area contributed by atoms with Crippen molar-refractivity contribution in [2.75, 3.05) is 26.2 Å². The molecule has 2 atom stereocenters. The second kappa shape index (κ2) is 8.54. The highest BCUT2D eigenvalue weighted by Crippen LogP contribution is 2.12. The molecule has 19 heavy (non-hydrogen) atoms. The van der Waals surface area contributed by atoms with Crippen molar-refractivity contribution in [2.24, 2.45) is 17.6 Å². The minimum absolute atomic E-state index is 0.0381. The number of carbonyl (C=O) groups excluding carboxylic acids is 1. The number of carbonyl (C=O) groups is 1. The molecule has 4 heteroatoms. The lowest BCUT2D eigenvalue weighted by Gasteiger charge is -2.30. The fraction of sp³-hybridized carbons (Fsp3) is 0.933. The van der Waals surface area contributed by atoms with Gasteiger partial charge in [-0.05, 0) is 45.2 Å². The maximum Gasteiger partial charge on any atom is 0.224 e. The van der Waals surface area contributed by atoms with Crippen LogP contribution < -0.4 is 11.1 Å². The van der Waals surface area contributed by atoms with E-state index >= 15 is 0 Å². The van der Waals surface area contributed by atoms with Crippen LogP contribution in [0.15, 0.2) is 0 Å². The minimum Gasteiger partial charge on any atom is -0.352 e. The maximum absolute atomic E-state index is 12.2. The van der Waals surface area contributed by atoms with Crippen LogP contribution in [0.5, 0.6) is 0 Å². The van der Waals surface area contributed by atoms with Gasteiger partial charge >= 0.3 is 0 Å². The molecule has 1 aliphatic rings. The average Bonchev–Trinajstić information content (AvgIpc) is 2.36. The number of piperidine rings is 1. The normalized spacial score (nSPS) is 20.3. The number of nitrogens with one attached hydrogen (secondary N) is 1. The van der Waals surface area contributed by atoms with Crippen molar-refractivity contribution in [3.8, 4) is 0 Å². The molecule has 0 aromatic heterocycles. The molecule has 1 rings (SSSR count). The first kappa shape index (κ1) is 16.4. The summed E-state index contributed by atoms with van der Waals surface area (Å²) in [5, 5.41) is 3.12. The number of nitrogens with zero attached hydrogens (tertiary/aromatic N) is 1. The van der Waals surface area contributed by atoms with Gasteiger partial charge in [-0.3, -0.25) is 4.79 Å². The van der Waals surface area contributed by atoms with Crippen LogP contribution in [0.25, 0.3) is 0 Å². The second-order valence-electron chi connectivity index (χ2n) is 6.33. The van der Waals surface area contributed by atoms with E-state index in [1.807, 2.05) is 0 Å². The molecule has 0 aromatic rings. The highest BCUT2D eigenvalue weighted by atomic mass is 16.1. The summed E-state index contributed by atoms with van der Waals surface area (Å²) >= 11 is 0. The summed E-state index contributed by atoms with van der Waals surface area (Å²) in [5.41, 5.74) is 5.71. The van der Waals surface area contributed by atoms with Crippen LogP contribution in [0.4, 0.5) is 0 Å². The molecule has 0 radical (unpaired) electrons. The number of hydrogen-bond acceptors (Lipinski definition) is 3. The Hall–Kier alpha value is -0.610. The Morgan fingerprint density at radius 3 is 2.37 bits per heavy atom. The van der Waals surface area contributed by atoms with Crippen LogP contribution in [0.2, 0.25) is 0 Å². The zero-order chi connectivity index (χ0) is 14.3. The molecule has 0 saturated carbocycles. The number of likely N-dealkylation sites (tertiary alicyclic amines) is 1. The lowest BCUT2D eigenvalue weighted by Crippen LogP contribution is -2.46. The van der Waals surface area contributed by atoms with Gasteiger partial charge in [0.2, 0.25) is 5.91 Å². The molecule has 0 spiro atoms. The van der Waals surface area contributed by atoms with Crippen molar-refractivity contribution >= 4 is 5.91 Å². The van der Waals surface area contributed by atoms with Crippen LogP contribution in [-0.2, 0) is 4.79 Å². The van der Waals surface area contributed by atoms with Gasteiger partial charge in [-0.1, -0.05) is 20.3 Å². The van der Waals surface area contributed by atoms with Gasteiger partial charge in [-0.25, -0.2) is 0 Å². The molecule has 0 aromatic carbocycles. The highest BCUT2D eigenvalue weighted by Gasteiger charge is 2.21. The summed E-state index contributed by atoms with van der Waals surface area (Å²) < 4.78 is 0. The molecule has 1 saturated heterocycles. The highest BCUT2D eigenvalue weighted by molar-refractivity contribution is 5.79. The van der Waals surface area contributed by atoms with Crippen LogP contribution in [0, 0.1) is 11.8 Å². The molecule has 112 valence electrons. The third-order valence-electron chi connectivity index (χ3n) is 3.78. The Morgan fingerprint density at radius 1 is 1.21 bits per heavy atom. The lowest BCUT2D eigenvalue weighted by molar-refractivity contribution is -0.125. The van der Waals surface area contributed by atoms with E-state index in [0.29, 0.717) is 12.5 Å². The van der Waals surface area contributed by atoms with E-state index in [-0.39, 0.29) is 17.9 Å². The Bertz CT molecular complexity index is 262. The zero-order valence-electron chi connectivity index (χ0n) is 12.8. The standard InChI is InChI=1S/C15H31N3O/c1-12(2)9-14(10-16)15(19)17-13(3)11-18-7-5-4-6-8-18/h12-14H,4-11,16H2,1-3H3,(H,17,19). The Labute approximate surface area is 118 Å². The minimum atomic E-state index is -0.0381. The van der Waals surface area contributed by atoms with Gasteiger partial charge in [0.1, 0.15) is 0 Å². The summed E-state index contributed by atoms with van der Waals surface area (Å²) in [4.78, 5) is 14.6. The van der Waals surface area contributed by atoms with E-state index in [2.05, 4.69) is 31.0 Å². The van der Waals surface area contributed by atoms with Crippen LogP contribution in [0.1, 0.15) is 46.5 Å². The van der Waals surface area contributed by atoms with Crippen LogP contribution in [-0.4, -0.2) is 43.0 Å². The van der Waals surface area contributed by atoms with E-state index in [4.69, 9.17) is 5.73 Å². The van der Waals surface area contributed by atoms with Crippen molar-refractivity contribution in [2.45, 2.75) is 52.5 Å². The molecule has 1 aliphatic heterocycles. The predicted molar refractivity (Wildman–Crippen MR) is 79.9 cm³/mol. The topological polar surface area (TPSA) is 58.4 Å². The van der Waals surface area contributed by atoms with Crippen molar-refractivity contribution in [1.29, 1.82) is 0 Å². The molecule has 1 heterocycles. The summed E-state index contributed by atoms with van der Waals surface area (Å²) in [5.74, 6) is 0.598. The average molecular weight is 269 g/mol. The van der Waals surface area contributed by atoms with Crippen LogP contribution >= 0.6 is 0 Å². The fourth-order valence-corrected chi connectivity index (χ4v) is 2.81. The SMILES string of the molecule is CC(C)CC(CN)C(=O)NC(C)CN1CCCCC1. The van der Waals surface area contributed by atoms with Crippen molar-refractivity contribution in [1.82, 2.24) is 10.2 Å². The van der Waals surface area contributed by atoms with Crippen molar-refractivity contribution in [3.05, 3.63) is 0 Å². The number of hydrogen-bond donors (Lipinski definition) is 2. The quantitative estimate of drug-likeness (QED) is 0.738. The van der Waals surface area contributed by atoms with Gasteiger partial charge < -0.3 is 16.0 Å². The van der Waals surface area contributed by atoms with E-state index < -0.39 is 0 Å². The molecule has 3 N–H and O–H groups in total. The number of amides is 1. The van der Waals surface area contributed by atoms with Gasteiger partial charge in [0.25, 0.3) is 0 Å². The second-order valence-corrected chi connectivity index (χ2v) is 6.33. The molecule has 1 amide bonds. The van der Waals surface area contributed by atoms with Gasteiger partial charge in [0.15, 0.2) is 0 Å². The van der Waals surface area contributed by atoms with E-state index in [1.54, 1.807) is 0 Å². The summed E-state index contributed by atoms with van der Waals surface area (Å²) in [7, 11) is 0. The third kappa shape index (κ3) is 6.39. The lowest BCUT2D eigenvalue weighted by atomic mass is 9.96. The Morgan fingerprint density at radius 2 is 1.84 bits per heavy atom. The monoisotopic (exact) mass is 269 g/mol. The molecule has 2 unspecified atom stereocenters. The first-order valence-electron chi connectivity index (χ1n) is 7.75. The van der Waals surface area contributed by atoms with Gasteiger partial charge in [-0.2, -0.15) is 0 Å². The first-order chi connectivity index (χ1) is 9.02. The largest absolute Gasteiger partial charge is 0.352 e. The molecular formula is C15H31N3O.